The van der Waals surface area contributed by atoms with Gasteiger partial charge in [0.2, 0.25) is 17.7 Å². The summed E-state index contributed by atoms with van der Waals surface area (Å²) in [4.78, 5) is 105. The summed E-state index contributed by atoms with van der Waals surface area (Å²) in [6, 6.07) is 0. The third-order valence-corrected chi connectivity index (χ3v) is 25.1. The zero-order valence-electron chi connectivity index (χ0n) is 79.8. The summed E-state index contributed by atoms with van der Waals surface area (Å²) in [7, 11) is 0. The van der Waals surface area contributed by atoms with Crippen LogP contribution in [0.2, 0.25) is 0 Å². The first-order valence-corrected chi connectivity index (χ1v) is 51.9. The molecular weight excluding hydrogens is 1490 g/mol. The average Bonchev–Trinajstić information content (AvgIpc) is 1.88. The van der Waals surface area contributed by atoms with Gasteiger partial charge in [0.15, 0.2) is 0 Å². The lowest BCUT2D eigenvalue weighted by Gasteiger charge is -2.26. The van der Waals surface area contributed by atoms with Gasteiger partial charge in [-0.25, -0.2) is 0 Å². The number of carbonyl (C=O) groups excluding carboxylic acids is 7. The third kappa shape index (κ3) is 70.1. The van der Waals surface area contributed by atoms with Crippen molar-refractivity contribution in [2.45, 2.75) is 479 Å². The Morgan fingerprint density at radius 1 is 0.261 bits per heavy atom. The first kappa shape index (κ1) is 113. The lowest BCUT2D eigenvalue weighted by molar-refractivity contribution is -0.150. The van der Waals surface area contributed by atoms with E-state index in [1.54, 1.807) is 0 Å². The van der Waals surface area contributed by atoms with Crippen molar-refractivity contribution in [1.29, 1.82) is 0 Å². The van der Waals surface area contributed by atoms with E-state index < -0.39 is 0 Å². The van der Waals surface area contributed by atoms with E-state index in [1.165, 1.54) is 210 Å². The van der Waals surface area contributed by atoms with E-state index in [-0.39, 0.29) is 84.9 Å². The molecule has 700 valence electrons. The number of nitrogens with one attached hydrogen (secondary N) is 2. The zero-order chi connectivity index (χ0) is 86.6. The van der Waals surface area contributed by atoms with E-state index in [0.717, 1.165) is 258 Å². The molecule has 4 atom stereocenters. The zero-order valence-corrected chi connectivity index (χ0v) is 79.8. The lowest BCUT2D eigenvalue weighted by atomic mass is 9.94. The number of rotatable bonds is 92. The summed E-state index contributed by atoms with van der Waals surface area (Å²) in [5.41, 5.74) is 0. The van der Waals surface area contributed by atoms with Gasteiger partial charge in [-0.05, 0) is 155 Å². The van der Waals surface area contributed by atoms with Gasteiger partial charge in [-0.2, -0.15) is 0 Å². The number of amides is 3. The average molecular weight is 1680 g/mol. The highest BCUT2D eigenvalue weighted by Crippen LogP contribution is 2.26. The van der Waals surface area contributed by atoms with E-state index in [1.807, 2.05) is 0 Å². The molecule has 17 heteroatoms. The van der Waals surface area contributed by atoms with Gasteiger partial charge in [-0.3, -0.25) is 38.5 Å². The fraction of sp³-hybridized carbons (Fsp3) is 0.931. The standard InChI is InChI=1S/C102H196N6O11/c1-9-17-25-33-37-53-71-92(67-49-29-21-13-5)99(112)116-85-63-45-41-57-77-105(78-58-42-46-64-86-117-100(113)93(68-50-30-22-14-6)72-54-38-34-26-18-10-2)83-75-103-96(109)89-108(98(111)91-107-81-61-62-82-107)90-97(110)104-76-84-106(79-59-43-47-65-87-118-101(114)94(69-51-31-23-15-7)73-55-39-35-27-19-11-3)80-60-44-48-66-88-119-102(115)95(70-52-32-24-16-8)74-56-40-36-28-20-12-4/h92-95H,9-91H2,1-8H3,(H,103,109)(H,104,110). The maximum Gasteiger partial charge on any atom is 0.308 e. The van der Waals surface area contributed by atoms with Gasteiger partial charge in [0.25, 0.3) is 0 Å². The molecule has 1 heterocycles. The maximum atomic E-state index is 14.2. The molecule has 1 rings (SSSR count). The molecule has 0 saturated carbocycles. The van der Waals surface area contributed by atoms with Crippen molar-refractivity contribution in [3.05, 3.63) is 0 Å². The van der Waals surface area contributed by atoms with Crippen LogP contribution in [0, 0.1) is 23.7 Å². The minimum atomic E-state index is -0.277. The quantitative estimate of drug-likeness (QED) is 0.0332. The van der Waals surface area contributed by atoms with Crippen molar-refractivity contribution in [2.75, 3.05) is 112 Å². The Balaban J connectivity index is 3.16. The SMILES string of the molecule is CCCCCCCCC(CCCCCC)C(=O)OCCCCCCN(CCCCCCOC(=O)C(CCCCCC)CCCCCCCC)CCNC(=O)CN(CC(=O)NCCN(CCCCCCOC(=O)C(CCCCCC)CCCCCCCC)CCCCCCOC(=O)C(CCCCCC)CCCCCCCC)C(=O)CN1CCCC1. The van der Waals surface area contributed by atoms with Crippen molar-refractivity contribution < 1.29 is 52.5 Å². The molecule has 0 spiro atoms. The van der Waals surface area contributed by atoms with Crippen LogP contribution >= 0.6 is 0 Å². The number of ether oxygens (including phenoxy) is 4. The third-order valence-electron chi connectivity index (χ3n) is 25.1. The van der Waals surface area contributed by atoms with Gasteiger partial charge < -0.3 is 44.3 Å². The first-order valence-electron chi connectivity index (χ1n) is 51.9. The fourth-order valence-electron chi connectivity index (χ4n) is 17.1. The van der Waals surface area contributed by atoms with Crippen LogP contribution in [0.5, 0.6) is 0 Å². The van der Waals surface area contributed by atoms with Crippen LogP contribution in [0.1, 0.15) is 479 Å². The molecule has 0 bridgehead atoms. The van der Waals surface area contributed by atoms with E-state index in [2.05, 4.69) is 80.7 Å². The Morgan fingerprint density at radius 3 is 0.697 bits per heavy atom. The fourth-order valence-corrected chi connectivity index (χ4v) is 17.1. The molecule has 1 aliphatic heterocycles. The molecule has 1 saturated heterocycles. The van der Waals surface area contributed by atoms with Gasteiger partial charge in [-0.1, -0.05) is 364 Å². The Morgan fingerprint density at radius 2 is 0.462 bits per heavy atom. The molecule has 0 aromatic carbocycles. The minimum absolute atomic E-state index is 0.00446. The summed E-state index contributed by atoms with van der Waals surface area (Å²) in [5.74, 6) is -0.771. The number of unbranched alkanes of at least 4 members (excludes halogenated alkanes) is 44. The van der Waals surface area contributed by atoms with E-state index >= 15 is 0 Å². The number of esters is 4. The molecule has 0 radical (unpaired) electrons. The summed E-state index contributed by atoms with van der Waals surface area (Å²) in [6.07, 6.45) is 72.7. The second-order valence-corrected chi connectivity index (χ2v) is 36.4. The highest BCUT2D eigenvalue weighted by atomic mass is 16.5. The molecule has 3 amide bonds. The van der Waals surface area contributed by atoms with Crippen LogP contribution in [0.4, 0.5) is 0 Å². The predicted octanol–water partition coefficient (Wildman–Crippen LogP) is 25.5. The maximum absolute atomic E-state index is 14.2. The molecule has 17 nitrogen and oxygen atoms in total. The van der Waals surface area contributed by atoms with E-state index in [4.69, 9.17) is 18.9 Å². The second kappa shape index (κ2) is 86.3. The number of hydrogen-bond donors (Lipinski definition) is 2. The Labute approximate surface area is 734 Å². The molecule has 1 fully saturated rings. The van der Waals surface area contributed by atoms with Gasteiger partial charge in [0, 0.05) is 26.2 Å². The van der Waals surface area contributed by atoms with Gasteiger partial charge in [0.1, 0.15) is 13.1 Å². The largest absolute Gasteiger partial charge is 0.465 e. The van der Waals surface area contributed by atoms with Crippen molar-refractivity contribution in [2.24, 2.45) is 23.7 Å². The topological polar surface area (TPSA) is 193 Å². The summed E-state index contributed by atoms with van der Waals surface area (Å²) >= 11 is 0. The number of hydrogen-bond acceptors (Lipinski definition) is 14. The summed E-state index contributed by atoms with van der Waals surface area (Å²) < 4.78 is 23.9. The molecule has 0 aromatic rings. The molecule has 1 aliphatic rings. The normalized spacial score (nSPS) is 13.4. The van der Waals surface area contributed by atoms with Crippen molar-refractivity contribution >= 4 is 41.6 Å². The second-order valence-electron chi connectivity index (χ2n) is 36.4. The molecular formula is C102H196N6O11. The van der Waals surface area contributed by atoms with Crippen molar-refractivity contribution in [3.63, 3.8) is 0 Å². The van der Waals surface area contributed by atoms with Crippen LogP contribution in [0.15, 0.2) is 0 Å². The summed E-state index contributed by atoms with van der Waals surface area (Å²) in [6.45, 7) is 26.8. The molecule has 2 N–H and O–H groups in total. The van der Waals surface area contributed by atoms with Gasteiger partial charge in [0.05, 0.1) is 56.6 Å². The van der Waals surface area contributed by atoms with Crippen molar-refractivity contribution in [3.8, 4) is 0 Å². The Kier molecular flexibility index (Phi) is 82.1. The molecule has 4 unspecified atom stereocenters. The van der Waals surface area contributed by atoms with E-state index in [9.17, 15) is 33.6 Å². The van der Waals surface area contributed by atoms with Crippen LogP contribution in [0.3, 0.4) is 0 Å². The Hall–Kier alpha value is -3.83. The lowest BCUT2D eigenvalue weighted by Crippen LogP contribution is -2.50. The highest BCUT2D eigenvalue weighted by molar-refractivity contribution is 5.90. The highest BCUT2D eigenvalue weighted by Gasteiger charge is 2.27. The molecule has 119 heavy (non-hydrogen) atoms. The first-order chi connectivity index (χ1) is 58.3. The summed E-state index contributed by atoms with van der Waals surface area (Å²) in [5, 5.41) is 6.31. The van der Waals surface area contributed by atoms with Crippen LogP contribution in [-0.2, 0) is 52.5 Å². The number of likely N-dealkylation sites (tertiary alicyclic amines) is 1. The smallest absolute Gasteiger partial charge is 0.308 e. The molecule has 0 aromatic heterocycles. The van der Waals surface area contributed by atoms with Crippen LogP contribution in [0.25, 0.3) is 0 Å². The van der Waals surface area contributed by atoms with Gasteiger partial charge in [-0.15, -0.1) is 0 Å². The Bertz CT molecular complexity index is 2050. The molecule has 0 aliphatic carbocycles. The van der Waals surface area contributed by atoms with E-state index in [0.29, 0.717) is 52.6 Å². The number of carbonyl (C=O) groups is 7. The minimum Gasteiger partial charge on any atom is -0.465 e. The van der Waals surface area contributed by atoms with Crippen LogP contribution in [-0.4, -0.2) is 173 Å². The van der Waals surface area contributed by atoms with Gasteiger partial charge >= 0.3 is 23.9 Å². The predicted molar refractivity (Wildman–Crippen MR) is 500 cm³/mol. The monoisotopic (exact) mass is 1680 g/mol. The number of nitrogens with zero attached hydrogens (tertiary/aromatic N) is 4. The van der Waals surface area contributed by atoms with Crippen LogP contribution < -0.4 is 10.6 Å². The van der Waals surface area contributed by atoms with Crippen molar-refractivity contribution in [1.82, 2.24) is 30.2 Å².